The first-order valence-electron chi connectivity index (χ1n) is 8.37. The van der Waals surface area contributed by atoms with E-state index in [0.717, 1.165) is 11.0 Å². The standard InChI is InChI=1S/C19H18FN3O2/c20-14-5-3-4-13(12-14)18(24)22-10-8-15(9-11-22)23-17-7-2-1-6-16(17)21-19(23)25/h1-7,12,15H,8-11H2,(H,21,25). The quantitative estimate of drug-likeness (QED) is 0.780. The second-order valence-electron chi connectivity index (χ2n) is 6.35. The molecule has 0 saturated carbocycles. The van der Waals surface area contributed by atoms with Gasteiger partial charge in [-0.2, -0.15) is 0 Å². The number of para-hydroxylation sites is 2. The number of halogens is 1. The number of H-pyrrole nitrogens is 1. The molecule has 1 N–H and O–H groups in total. The average Bonchev–Trinajstić information content (AvgIpc) is 2.97. The lowest BCUT2D eigenvalue weighted by atomic mass is 10.0. The molecule has 128 valence electrons. The molecule has 0 unspecified atom stereocenters. The topological polar surface area (TPSA) is 58.1 Å². The Balaban J connectivity index is 1.52. The molecule has 0 spiro atoms. The number of nitrogens with zero attached hydrogens (tertiary/aromatic N) is 2. The van der Waals surface area contributed by atoms with E-state index in [2.05, 4.69) is 4.98 Å². The van der Waals surface area contributed by atoms with Gasteiger partial charge in [-0.25, -0.2) is 9.18 Å². The normalized spacial score (nSPS) is 15.6. The summed E-state index contributed by atoms with van der Waals surface area (Å²) < 4.78 is 15.1. The van der Waals surface area contributed by atoms with Crippen molar-refractivity contribution in [1.29, 1.82) is 0 Å². The van der Waals surface area contributed by atoms with E-state index in [1.807, 2.05) is 24.3 Å². The molecule has 1 aliphatic heterocycles. The van der Waals surface area contributed by atoms with Crippen molar-refractivity contribution in [3.63, 3.8) is 0 Å². The third-order valence-electron chi connectivity index (χ3n) is 4.81. The number of rotatable bonds is 2. The highest BCUT2D eigenvalue weighted by Gasteiger charge is 2.26. The van der Waals surface area contributed by atoms with Crippen molar-refractivity contribution in [2.75, 3.05) is 13.1 Å². The summed E-state index contributed by atoms with van der Waals surface area (Å²) in [6.07, 6.45) is 1.39. The molecule has 2 aromatic carbocycles. The van der Waals surface area contributed by atoms with Crippen LogP contribution in [0, 0.1) is 5.82 Å². The molecule has 6 heteroatoms. The second-order valence-corrected chi connectivity index (χ2v) is 6.35. The molecule has 1 aliphatic rings. The Hall–Kier alpha value is -2.89. The minimum Gasteiger partial charge on any atom is -0.338 e. The number of carbonyl (C=O) groups excluding carboxylic acids is 1. The number of fused-ring (bicyclic) bond motifs is 1. The Morgan fingerprint density at radius 2 is 1.84 bits per heavy atom. The molecule has 4 rings (SSSR count). The molecule has 1 saturated heterocycles. The smallest absolute Gasteiger partial charge is 0.326 e. The number of piperidine rings is 1. The molecule has 0 bridgehead atoms. The van der Waals surface area contributed by atoms with Gasteiger partial charge in [0, 0.05) is 24.7 Å². The minimum absolute atomic E-state index is 0.0557. The first kappa shape index (κ1) is 15.6. The minimum atomic E-state index is -0.411. The maximum Gasteiger partial charge on any atom is 0.326 e. The first-order chi connectivity index (χ1) is 12.1. The molecule has 1 fully saturated rings. The van der Waals surface area contributed by atoms with Gasteiger partial charge in [0.05, 0.1) is 11.0 Å². The molecule has 25 heavy (non-hydrogen) atoms. The fraction of sp³-hybridized carbons (Fsp3) is 0.263. The number of imidazole rings is 1. The van der Waals surface area contributed by atoms with Crippen LogP contribution in [0.5, 0.6) is 0 Å². The zero-order chi connectivity index (χ0) is 17.4. The summed E-state index contributed by atoms with van der Waals surface area (Å²) in [5, 5.41) is 0. The highest BCUT2D eigenvalue weighted by atomic mass is 19.1. The van der Waals surface area contributed by atoms with E-state index in [4.69, 9.17) is 0 Å². The zero-order valence-electron chi connectivity index (χ0n) is 13.6. The molecule has 2 heterocycles. The zero-order valence-corrected chi connectivity index (χ0v) is 13.6. The molecular weight excluding hydrogens is 321 g/mol. The lowest BCUT2D eigenvalue weighted by molar-refractivity contribution is 0.0694. The molecular formula is C19H18FN3O2. The lowest BCUT2D eigenvalue weighted by Gasteiger charge is -2.32. The fourth-order valence-corrected chi connectivity index (χ4v) is 3.57. The SMILES string of the molecule is O=C(c1cccc(F)c1)N1CCC(n2c(=O)[nH]c3ccccc32)CC1. The van der Waals surface area contributed by atoms with E-state index in [9.17, 15) is 14.0 Å². The van der Waals surface area contributed by atoms with E-state index in [-0.39, 0.29) is 17.6 Å². The van der Waals surface area contributed by atoms with E-state index < -0.39 is 5.82 Å². The first-order valence-corrected chi connectivity index (χ1v) is 8.37. The van der Waals surface area contributed by atoms with E-state index in [1.165, 1.54) is 12.1 Å². The Labute approximate surface area is 143 Å². The van der Waals surface area contributed by atoms with E-state index in [0.29, 0.717) is 31.5 Å². The van der Waals surface area contributed by atoms with Crippen molar-refractivity contribution in [3.05, 3.63) is 70.4 Å². The van der Waals surface area contributed by atoms with Crippen molar-refractivity contribution < 1.29 is 9.18 Å². The van der Waals surface area contributed by atoms with Crippen LogP contribution in [0.4, 0.5) is 4.39 Å². The van der Waals surface area contributed by atoms with Gasteiger partial charge in [-0.05, 0) is 43.2 Å². The number of aromatic nitrogens is 2. The molecule has 5 nitrogen and oxygen atoms in total. The largest absolute Gasteiger partial charge is 0.338 e. The van der Waals surface area contributed by atoms with Gasteiger partial charge in [-0.1, -0.05) is 18.2 Å². The second kappa shape index (κ2) is 6.20. The number of nitrogens with one attached hydrogen (secondary N) is 1. The molecule has 0 atom stereocenters. The third-order valence-corrected chi connectivity index (χ3v) is 4.81. The van der Waals surface area contributed by atoms with Crippen molar-refractivity contribution in [2.45, 2.75) is 18.9 Å². The van der Waals surface area contributed by atoms with Gasteiger partial charge < -0.3 is 9.88 Å². The van der Waals surface area contributed by atoms with Crippen molar-refractivity contribution >= 4 is 16.9 Å². The predicted octanol–water partition coefficient (Wildman–Crippen LogP) is 2.95. The van der Waals surface area contributed by atoms with Crippen LogP contribution in [0.25, 0.3) is 11.0 Å². The Kier molecular flexibility index (Phi) is 3.87. The molecule has 0 radical (unpaired) electrons. The average molecular weight is 339 g/mol. The molecule has 1 amide bonds. The number of hydrogen-bond donors (Lipinski definition) is 1. The van der Waals surface area contributed by atoms with Crippen LogP contribution in [0.3, 0.4) is 0 Å². The summed E-state index contributed by atoms with van der Waals surface area (Å²) in [5.41, 5.74) is 1.96. The highest BCUT2D eigenvalue weighted by Crippen LogP contribution is 2.25. The van der Waals surface area contributed by atoms with Crippen LogP contribution in [-0.4, -0.2) is 33.4 Å². The van der Waals surface area contributed by atoms with Gasteiger partial charge in [0.2, 0.25) is 0 Å². The maximum absolute atomic E-state index is 13.3. The highest BCUT2D eigenvalue weighted by molar-refractivity contribution is 5.94. The van der Waals surface area contributed by atoms with Gasteiger partial charge in [0.15, 0.2) is 0 Å². The summed E-state index contributed by atoms with van der Waals surface area (Å²) in [5.74, 6) is -0.574. The van der Waals surface area contributed by atoms with Crippen molar-refractivity contribution in [3.8, 4) is 0 Å². The summed E-state index contributed by atoms with van der Waals surface area (Å²) in [4.78, 5) is 29.4. The summed E-state index contributed by atoms with van der Waals surface area (Å²) in [6.45, 7) is 1.10. The van der Waals surface area contributed by atoms with Gasteiger partial charge in [0.25, 0.3) is 5.91 Å². The van der Waals surface area contributed by atoms with Crippen molar-refractivity contribution in [2.24, 2.45) is 0 Å². The summed E-state index contributed by atoms with van der Waals surface area (Å²) >= 11 is 0. The Bertz CT molecular complexity index is 983. The van der Waals surface area contributed by atoms with Gasteiger partial charge >= 0.3 is 5.69 Å². The molecule has 0 aliphatic carbocycles. The van der Waals surface area contributed by atoms with Crippen LogP contribution >= 0.6 is 0 Å². The van der Waals surface area contributed by atoms with Gasteiger partial charge in [0.1, 0.15) is 5.82 Å². The Morgan fingerprint density at radius 3 is 2.60 bits per heavy atom. The summed E-state index contributed by atoms with van der Waals surface area (Å²) in [7, 11) is 0. The summed E-state index contributed by atoms with van der Waals surface area (Å²) in [6, 6.07) is 13.4. The number of benzene rings is 2. The predicted molar refractivity (Wildman–Crippen MR) is 93.1 cm³/mol. The number of aromatic amines is 1. The Morgan fingerprint density at radius 1 is 1.08 bits per heavy atom. The number of amides is 1. The van der Waals surface area contributed by atoms with Crippen molar-refractivity contribution in [1.82, 2.24) is 14.5 Å². The monoisotopic (exact) mass is 339 g/mol. The fourth-order valence-electron chi connectivity index (χ4n) is 3.57. The molecule has 3 aromatic rings. The molecule has 1 aromatic heterocycles. The van der Waals surface area contributed by atoms with Gasteiger partial charge in [-0.15, -0.1) is 0 Å². The lowest BCUT2D eigenvalue weighted by Crippen LogP contribution is -2.40. The number of hydrogen-bond acceptors (Lipinski definition) is 2. The maximum atomic E-state index is 13.3. The van der Waals surface area contributed by atoms with E-state index in [1.54, 1.807) is 21.6 Å². The number of carbonyl (C=O) groups is 1. The van der Waals surface area contributed by atoms with Crippen LogP contribution in [0.1, 0.15) is 29.2 Å². The van der Waals surface area contributed by atoms with Crippen LogP contribution in [0.15, 0.2) is 53.3 Å². The van der Waals surface area contributed by atoms with E-state index >= 15 is 0 Å². The van der Waals surface area contributed by atoms with Gasteiger partial charge in [-0.3, -0.25) is 9.36 Å². The van der Waals surface area contributed by atoms with Crippen LogP contribution in [0.2, 0.25) is 0 Å². The number of likely N-dealkylation sites (tertiary alicyclic amines) is 1. The van der Waals surface area contributed by atoms with Crippen LogP contribution in [-0.2, 0) is 0 Å². The third kappa shape index (κ3) is 2.84. The van der Waals surface area contributed by atoms with Crippen LogP contribution < -0.4 is 5.69 Å².